The number of aromatic carboxylic acids is 1. The lowest BCUT2D eigenvalue weighted by Crippen LogP contribution is -2.31. The normalized spacial score (nSPS) is 17.3. The average Bonchev–Trinajstić information content (AvgIpc) is 3.14. The number of carboxylic acid groups (broad SMARTS) is 2. The van der Waals surface area contributed by atoms with E-state index >= 15 is 0 Å². The first kappa shape index (κ1) is 36.7. The maximum Gasteiger partial charge on any atom is 0.338 e. The molecule has 0 bridgehead atoms. The summed E-state index contributed by atoms with van der Waals surface area (Å²) in [6, 6.07) is 26.8. The summed E-state index contributed by atoms with van der Waals surface area (Å²) in [4.78, 5) is 39.1. The minimum atomic E-state index is -1.03. The van der Waals surface area contributed by atoms with E-state index in [1.54, 1.807) is 18.3 Å². The number of nitrogens with zero attached hydrogens (tertiary/aromatic N) is 1. The van der Waals surface area contributed by atoms with E-state index in [1.807, 2.05) is 72.8 Å². The summed E-state index contributed by atoms with van der Waals surface area (Å²) in [5.41, 5.74) is 5.65. The molecule has 2 heterocycles. The number of unbranched alkanes of at least 4 members (excludes halogenated alkanes) is 3. The third kappa shape index (κ3) is 10.7. The minimum absolute atomic E-state index is 0.0299. The van der Waals surface area contributed by atoms with E-state index < -0.39 is 18.2 Å². The smallest absolute Gasteiger partial charge is 0.338 e. The zero-order valence-corrected chi connectivity index (χ0v) is 28.5. The fourth-order valence-electron chi connectivity index (χ4n) is 5.79. The van der Waals surface area contributed by atoms with Crippen LogP contribution >= 0.6 is 11.8 Å². The second-order valence-electron chi connectivity index (χ2n) is 12.2. The molecular weight excluding hydrogens is 657 g/mol. The zero-order valence-electron chi connectivity index (χ0n) is 27.7. The van der Waals surface area contributed by atoms with E-state index in [0.717, 1.165) is 52.6 Å². The maximum atomic E-state index is 12.4. The van der Waals surface area contributed by atoms with Crippen LogP contribution in [0.25, 0.3) is 11.1 Å². The largest absolute Gasteiger partial charge is 0.481 e. The van der Waals surface area contributed by atoms with Gasteiger partial charge in [-0.15, -0.1) is 11.8 Å². The molecule has 1 amide bonds. The maximum absolute atomic E-state index is 12.4. The second kappa shape index (κ2) is 18.4. The number of aliphatic hydroxyl groups excluding tert-OH is 1. The molecule has 0 unspecified atom stereocenters. The van der Waals surface area contributed by atoms with Gasteiger partial charge in [-0.2, -0.15) is 0 Å². The molecule has 0 spiro atoms. The SMILES string of the molecule is O=C(O)CCCCCCC(=O)NCc1cccc(-c2cccc([C@@H]3O[C@H](CSc4ncccc4C(=O)O)C[C@H](c4ccc(CO)cc4)O3)c2)c1. The van der Waals surface area contributed by atoms with Crippen molar-refractivity contribution in [2.45, 2.75) is 81.6 Å². The van der Waals surface area contributed by atoms with Gasteiger partial charge in [0.25, 0.3) is 0 Å². The van der Waals surface area contributed by atoms with Gasteiger partial charge in [0.15, 0.2) is 6.29 Å². The van der Waals surface area contributed by atoms with E-state index in [0.29, 0.717) is 36.6 Å². The van der Waals surface area contributed by atoms with Crippen molar-refractivity contribution >= 4 is 29.6 Å². The first-order valence-electron chi connectivity index (χ1n) is 16.8. The molecule has 50 heavy (non-hydrogen) atoms. The van der Waals surface area contributed by atoms with Crippen LogP contribution in [0.4, 0.5) is 0 Å². The molecule has 0 radical (unpaired) electrons. The van der Waals surface area contributed by atoms with Crippen molar-refractivity contribution in [2.75, 3.05) is 5.75 Å². The number of amides is 1. The molecule has 0 aliphatic carbocycles. The topological polar surface area (TPSA) is 155 Å². The van der Waals surface area contributed by atoms with Crippen LogP contribution in [0.5, 0.6) is 0 Å². The Morgan fingerprint density at radius 1 is 0.800 bits per heavy atom. The van der Waals surface area contributed by atoms with E-state index in [2.05, 4.69) is 10.3 Å². The monoisotopic (exact) mass is 698 g/mol. The standard InChI is InChI=1S/C39H42N2O8S/c42-24-26-15-17-28(18-16-26)34-22-32(25-50-37-33(38(46)47)12-7-19-40-37)48-39(49-34)31-11-6-10-30(21-31)29-9-5-8-27(20-29)23-41-35(43)13-3-1-2-4-14-36(44)45/h5-12,15-21,32,34,39,42H,1-4,13-14,22-25H2,(H,41,43)(H,44,45)(H,46,47)/t32-,34+,39+/m0/s1. The molecule has 0 saturated carbocycles. The molecule has 1 aromatic heterocycles. The molecular formula is C39H42N2O8S. The van der Waals surface area contributed by atoms with E-state index in [4.69, 9.17) is 14.6 Å². The number of aromatic nitrogens is 1. The molecule has 1 aliphatic rings. The number of pyridine rings is 1. The Kier molecular flexibility index (Phi) is 13.5. The van der Waals surface area contributed by atoms with E-state index in [1.165, 1.54) is 11.8 Å². The highest BCUT2D eigenvalue weighted by atomic mass is 32.2. The lowest BCUT2D eigenvalue weighted by Gasteiger charge is -2.36. The highest BCUT2D eigenvalue weighted by Gasteiger charge is 2.33. The first-order chi connectivity index (χ1) is 24.3. The van der Waals surface area contributed by atoms with Gasteiger partial charge in [0, 0.05) is 43.3 Å². The Balaban J connectivity index is 1.26. The Morgan fingerprint density at radius 2 is 1.54 bits per heavy atom. The van der Waals surface area contributed by atoms with E-state index in [9.17, 15) is 24.6 Å². The van der Waals surface area contributed by atoms with Gasteiger partial charge in [0.1, 0.15) is 5.03 Å². The third-order valence-electron chi connectivity index (χ3n) is 8.48. The molecule has 4 N–H and O–H groups in total. The van der Waals surface area contributed by atoms with Gasteiger partial charge >= 0.3 is 11.9 Å². The van der Waals surface area contributed by atoms with Gasteiger partial charge in [-0.25, -0.2) is 9.78 Å². The molecule has 3 atom stereocenters. The van der Waals surface area contributed by atoms with Gasteiger partial charge in [-0.3, -0.25) is 9.59 Å². The average molecular weight is 699 g/mol. The predicted octanol–water partition coefficient (Wildman–Crippen LogP) is 7.32. The summed E-state index contributed by atoms with van der Waals surface area (Å²) in [5, 5.41) is 31.3. The number of ether oxygens (including phenoxy) is 2. The summed E-state index contributed by atoms with van der Waals surface area (Å²) in [7, 11) is 0. The van der Waals surface area contributed by atoms with Crippen molar-refractivity contribution in [1.82, 2.24) is 10.3 Å². The number of benzene rings is 3. The molecule has 262 valence electrons. The molecule has 3 aromatic carbocycles. The Bertz CT molecular complexity index is 1750. The zero-order chi connectivity index (χ0) is 35.3. The summed E-state index contributed by atoms with van der Waals surface area (Å²) in [6.45, 7) is 0.348. The number of carbonyl (C=O) groups is 3. The quantitative estimate of drug-likeness (QED) is 0.0651. The number of carbonyl (C=O) groups excluding carboxylic acids is 1. The first-order valence-corrected chi connectivity index (χ1v) is 17.8. The number of hydrogen-bond donors (Lipinski definition) is 4. The highest BCUT2D eigenvalue weighted by Crippen LogP contribution is 2.40. The minimum Gasteiger partial charge on any atom is -0.481 e. The number of aliphatic hydroxyl groups is 1. The number of nitrogens with one attached hydrogen (secondary N) is 1. The van der Waals surface area contributed by atoms with Crippen molar-refractivity contribution in [3.05, 3.63) is 119 Å². The van der Waals surface area contributed by atoms with Crippen molar-refractivity contribution in [1.29, 1.82) is 0 Å². The summed E-state index contributed by atoms with van der Waals surface area (Å²) in [6.07, 6.45) is 4.43. The lowest BCUT2D eigenvalue weighted by atomic mass is 9.99. The number of thioether (sulfide) groups is 1. The molecule has 1 aliphatic heterocycles. The third-order valence-corrected chi connectivity index (χ3v) is 9.61. The van der Waals surface area contributed by atoms with Gasteiger partial charge < -0.3 is 30.1 Å². The van der Waals surface area contributed by atoms with Crippen LogP contribution in [0.2, 0.25) is 0 Å². The van der Waals surface area contributed by atoms with Gasteiger partial charge in [-0.1, -0.05) is 73.5 Å². The number of hydrogen-bond acceptors (Lipinski definition) is 8. The predicted molar refractivity (Wildman–Crippen MR) is 189 cm³/mol. The molecule has 5 rings (SSSR count). The lowest BCUT2D eigenvalue weighted by molar-refractivity contribution is -0.245. The molecule has 11 heteroatoms. The van der Waals surface area contributed by atoms with Crippen molar-refractivity contribution in [3.63, 3.8) is 0 Å². The fraction of sp³-hybridized carbons (Fsp3) is 0.333. The van der Waals surface area contributed by atoms with Crippen LogP contribution in [-0.2, 0) is 32.2 Å². The van der Waals surface area contributed by atoms with Crippen LogP contribution in [-0.4, -0.2) is 50.0 Å². The van der Waals surface area contributed by atoms with Crippen LogP contribution < -0.4 is 5.32 Å². The Labute approximate surface area is 295 Å². The number of aliphatic carboxylic acids is 1. The second-order valence-corrected chi connectivity index (χ2v) is 13.2. The molecule has 1 fully saturated rings. The fourth-order valence-corrected chi connectivity index (χ4v) is 6.80. The summed E-state index contributed by atoms with van der Waals surface area (Å²) in [5.74, 6) is -1.38. The van der Waals surface area contributed by atoms with Gasteiger partial charge in [-0.05, 0) is 64.9 Å². The number of carboxylic acids is 2. The van der Waals surface area contributed by atoms with Crippen LogP contribution in [0.3, 0.4) is 0 Å². The summed E-state index contributed by atoms with van der Waals surface area (Å²) >= 11 is 1.34. The Morgan fingerprint density at radius 3 is 2.28 bits per heavy atom. The summed E-state index contributed by atoms with van der Waals surface area (Å²) < 4.78 is 13.0. The Hall–Kier alpha value is -4.55. The highest BCUT2D eigenvalue weighted by molar-refractivity contribution is 7.99. The van der Waals surface area contributed by atoms with E-state index in [-0.39, 0.29) is 36.7 Å². The molecule has 4 aromatic rings. The van der Waals surface area contributed by atoms with Gasteiger partial charge in [0.2, 0.25) is 5.91 Å². The number of rotatable bonds is 17. The molecule has 1 saturated heterocycles. The van der Waals surface area contributed by atoms with Crippen molar-refractivity contribution in [2.24, 2.45) is 0 Å². The van der Waals surface area contributed by atoms with Crippen molar-refractivity contribution in [3.8, 4) is 11.1 Å². The van der Waals surface area contributed by atoms with Gasteiger partial charge in [0.05, 0.1) is 24.4 Å². The molecule has 10 nitrogen and oxygen atoms in total. The van der Waals surface area contributed by atoms with Crippen LogP contribution in [0.1, 0.15) is 90.0 Å². The van der Waals surface area contributed by atoms with Crippen LogP contribution in [0.15, 0.2) is 96.2 Å². The van der Waals surface area contributed by atoms with Crippen LogP contribution in [0, 0.1) is 0 Å². The van der Waals surface area contributed by atoms with Crippen molar-refractivity contribution < 1.29 is 39.2 Å².